The Kier molecular flexibility index (Phi) is 7.77. The number of rotatable bonds is 6. The number of hydrogen-bond donors (Lipinski definition) is 0. The largest absolute Gasteiger partial charge is 0.0883 e. The van der Waals surface area contributed by atoms with Crippen LogP contribution in [-0.2, 0) is 0 Å². The van der Waals surface area contributed by atoms with Crippen molar-refractivity contribution in [3.8, 4) is 0 Å². The molecule has 0 aliphatic heterocycles. The lowest BCUT2D eigenvalue weighted by atomic mass is 10.1. The van der Waals surface area contributed by atoms with E-state index in [0.29, 0.717) is 5.92 Å². The first kappa shape index (κ1) is 12.5. The van der Waals surface area contributed by atoms with Crippen molar-refractivity contribution < 1.29 is 0 Å². The zero-order chi connectivity index (χ0) is 10.1. The molecule has 0 rings (SSSR count). The highest BCUT2D eigenvalue weighted by Gasteiger charge is 1.86. The average molecular weight is 180 g/mol. The van der Waals surface area contributed by atoms with Crippen LogP contribution in [0.3, 0.4) is 0 Å². The Morgan fingerprint density at radius 2 is 1.92 bits per heavy atom. The molecule has 0 nitrogen and oxygen atoms in total. The Morgan fingerprint density at radius 1 is 1.23 bits per heavy atom. The van der Waals surface area contributed by atoms with Gasteiger partial charge < -0.3 is 0 Å². The Morgan fingerprint density at radius 3 is 2.46 bits per heavy atom. The van der Waals surface area contributed by atoms with Crippen molar-refractivity contribution in [2.75, 3.05) is 0 Å². The Hall–Kier alpha value is -0.520. The maximum atomic E-state index is 2.36. The van der Waals surface area contributed by atoms with Gasteiger partial charge in [-0.3, -0.25) is 0 Å². The molecule has 0 N–H and O–H groups in total. The Bertz CT molecular complexity index is 161. The fourth-order valence-corrected chi connectivity index (χ4v) is 1.10. The van der Waals surface area contributed by atoms with Gasteiger partial charge in [-0.1, -0.05) is 44.6 Å². The van der Waals surface area contributed by atoms with Gasteiger partial charge in [-0.15, -0.1) is 0 Å². The zero-order valence-electron chi connectivity index (χ0n) is 9.64. The molecule has 0 spiro atoms. The second-order valence-corrected chi connectivity index (χ2v) is 4.01. The van der Waals surface area contributed by atoms with E-state index in [1.165, 1.54) is 31.3 Å². The molecule has 0 aromatic carbocycles. The zero-order valence-corrected chi connectivity index (χ0v) is 9.64. The van der Waals surface area contributed by atoms with Crippen molar-refractivity contribution in [2.24, 2.45) is 5.92 Å². The fraction of sp³-hybridized carbons (Fsp3) is 0.692. The number of hydrogen-bond acceptors (Lipinski definition) is 0. The molecule has 0 saturated heterocycles. The first-order chi connectivity index (χ1) is 6.16. The predicted octanol–water partition coefficient (Wildman–Crippen LogP) is 4.73. The number of unbranched alkanes of at least 4 members (excludes halogenated alkanes) is 2. The molecule has 0 aromatic heterocycles. The van der Waals surface area contributed by atoms with Gasteiger partial charge in [0.1, 0.15) is 0 Å². The summed E-state index contributed by atoms with van der Waals surface area (Å²) in [6.45, 7) is 8.86. The van der Waals surface area contributed by atoms with E-state index in [4.69, 9.17) is 0 Å². The molecule has 0 saturated carbocycles. The molecular weight excluding hydrogens is 156 g/mol. The van der Waals surface area contributed by atoms with Crippen molar-refractivity contribution in [2.45, 2.75) is 53.4 Å². The van der Waals surface area contributed by atoms with Crippen LogP contribution in [0.1, 0.15) is 53.4 Å². The van der Waals surface area contributed by atoms with Gasteiger partial charge in [0.05, 0.1) is 0 Å². The molecular formula is C13H24. The highest BCUT2D eigenvalue weighted by atomic mass is 13.9. The summed E-state index contributed by atoms with van der Waals surface area (Å²) in [5.41, 5.74) is 1.52. The monoisotopic (exact) mass is 180 g/mol. The summed E-state index contributed by atoms with van der Waals surface area (Å²) in [5.74, 6) is 0.702. The summed E-state index contributed by atoms with van der Waals surface area (Å²) in [6.07, 6.45) is 11.9. The van der Waals surface area contributed by atoms with Crippen LogP contribution in [0.25, 0.3) is 0 Å². The molecule has 0 bridgehead atoms. The van der Waals surface area contributed by atoms with Crippen LogP contribution in [0.15, 0.2) is 23.8 Å². The summed E-state index contributed by atoms with van der Waals surface area (Å²) < 4.78 is 0. The maximum absolute atomic E-state index is 2.36. The molecule has 0 aliphatic carbocycles. The lowest BCUT2D eigenvalue weighted by molar-refractivity contribution is 0.806. The molecule has 0 heterocycles. The SMILES string of the molecule is CCC(C)=CCCCC=CC(C)C. The van der Waals surface area contributed by atoms with Gasteiger partial charge in [-0.05, 0) is 38.5 Å². The Balaban J connectivity index is 3.36. The second kappa shape index (κ2) is 8.10. The maximum Gasteiger partial charge on any atom is -0.0290 e. The smallest absolute Gasteiger partial charge is 0.0290 e. The van der Waals surface area contributed by atoms with Crippen LogP contribution in [0.2, 0.25) is 0 Å². The van der Waals surface area contributed by atoms with E-state index in [9.17, 15) is 0 Å². The summed E-state index contributed by atoms with van der Waals surface area (Å²) in [5, 5.41) is 0. The number of allylic oxidation sites excluding steroid dienone is 4. The lowest BCUT2D eigenvalue weighted by Gasteiger charge is -1.96. The van der Waals surface area contributed by atoms with Gasteiger partial charge in [-0.2, -0.15) is 0 Å². The normalized spacial score (nSPS) is 13.2. The topological polar surface area (TPSA) is 0 Å². The van der Waals surface area contributed by atoms with Crippen LogP contribution in [0.4, 0.5) is 0 Å². The quantitative estimate of drug-likeness (QED) is 0.409. The standard InChI is InChI=1S/C13H24/c1-5-13(4)11-9-7-6-8-10-12(2)3/h8,10-12H,5-7,9H2,1-4H3. The molecule has 0 aliphatic rings. The summed E-state index contributed by atoms with van der Waals surface area (Å²) >= 11 is 0. The third-order valence-corrected chi connectivity index (χ3v) is 2.15. The molecule has 0 heteroatoms. The van der Waals surface area contributed by atoms with E-state index in [2.05, 4.69) is 45.9 Å². The first-order valence-corrected chi connectivity index (χ1v) is 5.49. The van der Waals surface area contributed by atoms with E-state index < -0.39 is 0 Å². The summed E-state index contributed by atoms with van der Waals surface area (Å²) in [4.78, 5) is 0. The van der Waals surface area contributed by atoms with Gasteiger partial charge in [0, 0.05) is 0 Å². The van der Waals surface area contributed by atoms with Crippen LogP contribution < -0.4 is 0 Å². The van der Waals surface area contributed by atoms with E-state index >= 15 is 0 Å². The van der Waals surface area contributed by atoms with Crippen LogP contribution in [0, 0.1) is 5.92 Å². The average Bonchev–Trinajstić information content (AvgIpc) is 2.10. The molecule has 0 amide bonds. The highest BCUT2D eigenvalue weighted by molar-refractivity contribution is 4.96. The molecule has 0 aromatic rings. The Labute approximate surface area is 83.7 Å². The van der Waals surface area contributed by atoms with Gasteiger partial charge in [0.2, 0.25) is 0 Å². The molecule has 0 unspecified atom stereocenters. The minimum Gasteiger partial charge on any atom is -0.0883 e. The summed E-state index contributed by atoms with van der Waals surface area (Å²) in [7, 11) is 0. The predicted molar refractivity (Wildman–Crippen MR) is 61.9 cm³/mol. The van der Waals surface area contributed by atoms with Crippen LogP contribution in [0.5, 0.6) is 0 Å². The molecule has 76 valence electrons. The van der Waals surface area contributed by atoms with Gasteiger partial charge in [0.15, 0.2) is 0 Å². The third kappa shape index (κ3) is 9.39. The van der Waals surface area contributed by atoms with Gasteiger partial charge in [-0.25, -0.2) is 0 Å². The second-order valence-electron chi connectivity index (χ2n) is 4.01. The van der Waals surface area contributed by atoms with E-state index in [-0.39, 0.29) is 0 Å². The highest BCUT2D eigenvalue weighted by Crippen LogP contribution is 2.05. The van der Waals surface area contributed by atoms with Crippen LogP contribution >= 0.6 is 0 Å². The lowest BCUT2D eigenvalue weighted by Crippen LogP contribution is -1.78. The third-order valence-electron chi connectivity index (χ3n) is 2.15. The molecule has 13 heavy (non-hydrogen) atoms. The van der Waals surface area contributed by atoms with Crippen molar-refractivity contribution in [1.82, 2.24) is 0 Å². The molecule has 0 fully saturated rings. The minimum atomic E-state index is 0.702. The van der Waals surface area contributed by atoms with Gasteiger partial charge >= 0.3 is 0 Å². The first-order valence-electron chi connectivity index (χ1n) is 5.49. The van der Waals surface area contributed by atoms with E-state index in [0.717, 1.165) is 0 Å². The van der Waals surface area contributed by atoms with Crippen molar-refractivity contribution >= 4 is 0 Å². The van der Waals surface area contributed by atoms with Crippen molar-refractivity contribution in [1.29, 1.82) is 0 Å². The van der Waals surface area contributed by atoms with E-state index in [1.807, 2.05) is 0 Å². The van der Waals surface area contributed by atoms with Crippen LogP contribution in [-0.4, -0.2) is 0 Å². The van der Waals surface area contributed by atoms with E-state index in [1.54, 1.807) is 0 Å². The van der Waals surface area contributed by atoms with Crippen molar-refractivity contribution in [3.05, 3.63) is 23.8 Å². The van der Waals surface area contributed by atoms with Crippen molar-refractivity contribution in [3.63, 3.8) is 0 Å². The van der Waals surface area contributed by atoms with Gasteiger partial charge in [0.25, 0.3) is 0 Å². The summed E-state index contributed by atoms with van der Waals surface area (Å²) in [6, 6.07) is 0. The fourth-order valence-electron chi connectivity index (χ4n) is 1.10. The molecule has 0 atom stereocenters. The molecule has 0 radical (unpaired) electrons. The minimum absolute atomic E-state index is 0.702.